The molecular formula is C30H30ClN3O5. The van der Waals surface area contributed by atoms with Crippen LogP contribution in [0.15, 0.2) is 77.4 Å². The smallest absolute Gasteiger partial charge is 0.271 e. The van der Waals surface area contributed by atoms with E-state index in [0.717, 1.165) is 16.8 Å². The van der Waals surface area contributed by atoms with E-state index in [9.17, 15) is 9.59 Å². The molecule has 1 atom stereocenters. The summed E-state index contributed by atoms with van der Waals surface area (Å²) in [7, 11) is 3.17. The lowest BCUT2D eigenvalue weighted by atomic mass is 9.93. The Bertz CT molecular complexity index is 1480. The van der Waals surface area contributed by atoms with Gasteiger partial charge in [0, 0.05) is 18.1 Å². The zero-order chi connectivity index (χ0) is 27.6. The van der Waals surface area contributed by atoms with Gasteiger partial charge in [0.2, 0.25) is 5.91 Å². The van der Waals surface area contributed by atoms with Gasteiger partial charge >= 0.3 is 0 Å². The normalized spacial score (nSPS) is 16.6. The largest absolute Gasteiger partial charge is 0.493 e. The minimum Gasteiger partial charge on any atom is -0.493 e. The molecule has 39 heavy (non-hydrogen) atoms. The van der Waals surface area contributed by atoms with Crippen molar-refractivity contribution in [3.8, 4) is 23.0 Å². The van der Waals surface area contributed by atoms with E-state index >= 15 is 0 Å². The second-order valence-corrected chi connectivity index (χ2v) is 10.1. The second kappa shape index (κ2) is 10.9. The van der Waals surface area contributed by atoms with Crippen molar-refractivity contribution < 1.29 is 23.5 Å². The first-order valence-corrected chi connectivity index (χ1v) is 13.0. The maximum absolute atomic E-state index is 13.9. The molecule has 1 aliphatic heterocycles. The van der Waals surface area contributed by atoms with Gasteiger partial charge in [0.25, 0.3) is 5.91 Å². The summed E-state index contributed by atoms with van der Waals surface area (Å²) >= 11 is 6.01. The fraction of sp³-hybridized carbons (Fsp3) is 0.267. The highest BCUT2D eigenvalue weighted by Gasteiger charge is 2.47. The molecule has 5 rings (SSSR count). The summed E-state index contributed by atoms with van der Waals surface area (Å²) in [6.45, 7) is 2.73. The van der Waals surface area contributed by atoms with Crippen LogP contribution >= 0.6 is 11.6 Å². The topological polar surface area (TPSA) is 85.9 Å². The van der Waals surface area contributed by atoms with E-state index in [2.05, 4.69) is 5.32 Å². The maximum atomic E-state index is 13.9. The first-order valence-electron chi connectivity index (χ1n) is 12.6. The summed E-state index contributed by atoms with van der Waals surface area (Å²) in [5.74, 6) is 1.41. The SMILES string of the molecule is COc1ccc(CCN2C(=O)c3ccc(-c4ccco4)n3CC2(C)C(=O)NCc2ccc(Cl)cc2)cc1OC. The van der Waals surface area contributed by atoms with Crippen molar-refractivity contribution in [3.05, 3.63) is 94.8 Å². The average Bonchev–Trinajstić information content (AvgIpc) is 3.62. The zero-order valence-corrected chi connectivity index (χ0v) is 22.8. The highest BCUT2D eigenvalue weighted by atomic mass is 35.5. The molecule has 4 aromatic rings. The zero-order valence-electron chi connectivity index (χ0n) is 22.1. The molecule has 0 bridgehead atoms. The number of furan rings is 1. The van der Waals surface area contributed by atoms with Crippen molar-refractivity contribution in [3.63, 3.8) is 0 Å². The van der Waals surface area contributed by atoms with Gasteiger partial charge in [-0.3, -0.25) is 9.59 Å². The van der Waals surface area contributed by atoms with Crippen LogP contribution in [0.5, 0.6) is 11.5 Å². The van der Waals surface area contributed by atoms with E-state index in [1.165, 1.54) is 0 Å². The lowest BCUT2D eigenvalue weighted by molar-refractivity contribution is -0.133. The molecule has 0 saturated heterocycles. The van der Waals surface area contributed by atoms with Gasteiger partial charge in [-0.1, -0.05) is 29.8 Å². The van der Waals surface area contributed by atoms with E-state index in [-0.39, 0.29) is 18.4 Å². The second-order valence-electron chi connectivity index (χ2n) is 9.65. The third-order valence-electron chi connectivity index (χ3n) is 7.21. The molecule has 1 unspecified atom stereocenters. The molecule has 1 N–H and O–H groups in total. The van der Waals surface area contributed by atoms with Crippen LogP contribution in [-0.4, -0.2) is 47.6 Å². The summed E-state index contributed by atoms with van der Waals surface area (Å²) in [6, 6.07) is 20.2. The Labute approximate surface area is 232 Å². The van der Waals surface area contributed by atoms with E-state index in [4.69, 9.17) is 25.5 Å². The summed E-state index contributed by atoms with van der Waals surface area (Å²) in [5.41, 5.74) is 1.97. The Morgan fingerprint density at radius 3 is 2.41 bits per heavy atom. The molecule has 0 saturated carbocycles. The van der Waals surface area contributed by atoms with Crippen molar-refractivity contribution in [2.75, 3.05) is 20.8 Å². The first kappa shape index (κ1) is 26.4. The molecule has 0 fully saturated rings. The Hall–Kier alpha value is -4.17. The van der Waals surface area contributed by atoms with E-state index in [1.54, 1.807) is 49.6 Å². The predicted octanol–water partition coefficient (Wildman–Crippen LogP) is 5.19. The Morgan fingerprint density at radius 2 is 1.72 bits per heavy atom. The fourth-order valence-electron chi connectivity index (χ4n) is 5.01. The third-order valence-corrected chi connectivity index (χ3v) is 7.46. The number of halogens is 1. The number of methoxy groups -OCH3 is 2. The molecule has 0 radical (unpaired) electrons. The third kappa shape index (κ3) is 5.12. The van der Waals surface area contributed by atoms with Gasteiger partial charge in [-0.25, -0.2) is 0 Å². The molecule has 2 amide bonds. The predicted molar refractivity (Wildman–Crippen MR) is 148 cm³/mol. The van der Waals surface area contributed by atoms with Gasteiger partial charge in [-0.2, -0.15) is 0 Å². The van der Waals surface area contributed by atoms with Crippen molar-refractivity contribution in [1.29, 1.82) is 0 Å². The van der Waals surface area contributed by atoms with Crippen LogP contribution in [-0.2, 0) is 24.3 Å². The molecule has 9 heteroatoms. The molecule has 1 aliphatic rings. The number of carbonyl (C=O) groups excluding carboxylic acids is 2. The number of benzene rings is 2. The van der Waals surface area contributed by atoms with Gasteiger partial charge in [0.1, 0.15) is 17.0 Å². The number of fused-ring (bicyclic) bond motifs is 1. The van der Waals surface area contributed by atoms with Crippen LogP contribution < -0.4 is 14.8 Å². The lowest BCUT2D eigenvalue weighted by Crippen LogP contribution is -2.64. The monoisotopic (exact) mass is 547 g/mol. The number of rotatable bonds is 9. The number of hydrogen-bond donors (Lipinski definition) is 1. The minimum atomic E-state index is -1.16. The standard InChI is InChI=1S/C30H30ClN3O5/c1-30(29(36)32-18-21-6-9-22(31)10-7-21)19-33-23(25-5-4-16-39-25)11-12-24(33)28(35)34(30)15-14-20-8-13-26(37-2)27(17-20)38-3/h4-13,16-17H,14-15,18-19H2,1-3H3,(H,32,36). The van der Waals surface area contributed by atoms with Gasteiger partial charge < -0.3 is 28.7 Å². The molecular weight excluding hydrogens is 518 g/mol. The number of nitrogens with one attached hydrogen (secondary N) is 1. The number of nitrogens with zero attached hydrogens (tertiary/aromatic N) is 2. The lowest BCUT2D eigenvalue weighted by Gasteiger charge is -2.44. The fourth-order valence-corrected chi connectivity index (χ4v) is 5.14. The number of hydrogen-bond acceptors (Lipinski definition) is 5. The molecule has 3 heterocycles. The summed E-state index contributed by atoms with van der Waals surface area (Å²) in [6.07, 6.45) is 2.12. The molecule has 0 aliphatic carbocycles. The van der Waals surface area contributed by atoms with Gasteiger partial charge in [0.05, 0.1) is 32.7 Å². The van der Waals surface area contributed by atoms with Gasteiger partial charge in [-0.05, 0) is 73.0 Å². The number of amides is 2. The van der Waals surface area contributed by atoms with Crippen LogP contribution in [0.2, 0.25) is 5.02 Å². The average molecular weight is 548 g/mol. The van der Waals surface area contributed by atoms with Crippen LogP contribution in [0.1, 0.15) is 28.5 Å². The molecule has 2 aromatic carbocycles. The Balaban J connectivity index is 1.45. The summed E-state index contributed by atoms with van der Waals surface area (Å²) in [4.78, 5) is 29.4. The van der Waals surface area contributed by atoms with Crippen LogP contribution in [0, 0.1) is 0 Å². The van der Waals surface area contributed by atoms with E-state index in [0.29, 0.717) is 47.5 Å². The molecule has 2 aromatic heterocycles. The summed E-state index contributed by atoms with van der Waals surface area (Å²) < 4.78 is 18.3. The molecule has 202 valence electrons. The van der Waals surface area contributed by atoms with Crippen LogP contribution in [0.4, 0.5) is 0 Å². The molecule has 8 nitrogen and oxygen atoms in total. The Kier molecular flexibility index (Phi) is 7.39. The van der Waals surface area contributed by atoms with E-state index < -0.39 is 5.54 Å². The highest BCUT2D eigenvalue weighted by Crippen LogP contribution is 2.34. The molecule has 0 spiro atoms. The van der Waals surface area contributed by atoms with Gasteiger partial charge in [-0.15, -0.1) is 0 Å². The van der Waals surface area contributed by atoms with Crippen molar-refractivity contribution in [2.24, 2.45) is 0 Å². The van der Waals surface area contributed by atoms with Gasteiger partial charge in [0.15, 0.2) is 11.5 Å². The quantitative estimate of drug-likeness (QED) is 0.311. The Morgan fingerprint density at radius 1 is 1.00 bits per heavy atom. The highest BCUT2D eigenvalue weighted by molar-refractivity contribution is 6.30. The van der Waals surface area contributed by atoms with E-state index in [1.807, 2.05) is 54.0 Å². The first-order chi connectivity index (χ1) is 18.8. The number of aromatic nitrogens is 1. The number of carbonyl (C=O) groups is 2. The van der Waals surface area contributed by atoms with Crippen LogP contribution in [0.3, 0.4) is 0 Å². The minimum absolute atomic E-state index is 0.219. The van der Waals surface area contributed by atoms with Crippen molar-refractivity contribution in [1.82, 2.24) is 14.8 Å². The maximum Gasteiger partial charge on any atom is 0.271 e. The van der Waals surface area contributed by atoms with Crippen LogP contribution in [0.25, 0.3) is 11.5 Å². The van der Waals surface area contributed by atoms with Crippen molar-refractivity contribution >= 4 is 23.4 Å². The van der Waals surface area contributed by atoms with Crippen molar-refractivity contribution in [2.45, 2.75) is 32.0 Å². The number of ether oxygens (including phenoxy) is 2. The summed E-state index contributed by atoms with van der Waals surface area (Å²) in [5, 5.41) is 3.67.